The molecule has 0 saturated heterocycles. The quantitative estimate of drug-likeness (QED) is 0.316. The molecule has 0 fully saturated rings. The first-order valence-electron chi connectivity index (χ1n) is 9.12. The fraction of sp³-hybridized carbons (Fsp3) is 0. The van der Waals surface area contributed by atoms with Crippen molar-refractivity contribution in [3.05, 3.63) is 84.9 Å². The van der Waals surface area contributed by atoms with Crippen LogP contribution in [0.15, 0.2) is 88.7 Å². The Hall–Kier alpha value is -3.37. The zero-order valence-corrected chi connectivity index (χ0v) is 15.6. The lowest BCUT2D eigenvalue weighted by atomic mass is 9.99. The Kier molecular flexibility index (Phi) is 3.40. The van der Waals surface area contributed by atoms with Gasteiger partial charge in [0.15, 0.2) is 11.5 Å². The molecular weight excluding hydrogens is 364 g/mol. The second-order valence-corrected chi connectivity index (χ2v) is 7.82. The van der Waals surface area contributed by atoms with Crippen molar-refractivity contribution in [3.63, 3.8) is 0 Å². The summed E-state index contributed by atoms with van der Waals surface area (Å²) in [6, 6.07) is 29.9. The first-order chi connectivity index (χ1) is 13.9. The highest BCUT2D eigenvalue weighted by Gasteiger charge is 2.24. The Morgan fingerprint density at radius 1 is 0.643 bits per heavy atom. The van der Waals surface area contributed by atoms with Gasteiger partial charge in [0.05, 0.1) is 22.7 Å². The van der Waals surface area contributed by atoms with E-state index in [2.05, 4.69) is 59.2 Å². The summed E-state index contributed by atoms with van der Waals surface area (Å²) in [5, 5.41) is 7.18. The van der Waals surface area contributed by atoms with E-state index >= 15 is 0 Å². The number of fused-ring (bicyclic) bond motifs is 4. The van der Waals surface area contributed by atoms with Crippen molar-refractivity contribution in [3.8, 4) is 22.6 Å². The van der Waals surface area contributed by atoms with E-state index in [0.29, 0.717) is 0 Å². The third kappa shape index (κ3) is 2.38. The minimum absolute atomic E-state index is 0.790. The molecule has 6 rings (SSSR count). The number of hydrogen-bond donors (Lipinski definition) is 2. The maximum Gasteiger partial charge on any atom is 0.152 e. The predicted molar refractivity (Wildman–Crippen MR) is 114 cm³/mol. The molecule has 0 aromatic heterocycles. The summed E-state index contributed by atoms with van der Waals surface area (Å²) in [6.45, 7) is 0. The molecule has 4 aromatic rings. The molecule has 2 N–H and O–H groups in total. The molecule has 1 radical (unpaired) electrons. The normalized spacial score (nSPS) is 13.0. The molecule has 2 heterocycles. The van der Waals surface area contributed by atoms with Gasteiger partial charge >= 0.3 is 0 Å². The van der Waals surface area contributed by atoms with E-state index in [1.807, 2.05) is 36.4 Å². The van der Waals surface area contributed by atoms with Crippen LogP contribution in [-0.2, 0) is 0 Å². The van der Waals surface area contributed by atoms with E-state index in [0.717, 1.165) is 45.4 Å². The molecule has 3 nitrogen and oxygen atoms in total. The van der Waals surface area contributed by atoms with E-state index in [1.165, 1.54) is 9.79 Å². The largest absolute Gasteiger partial charge is 0.453 e. The number of anilines is 4. The second kappa shape index (κ2) is 6.08. The Bertz CT molecular complexity index is 1140. The van der Waals surface area contributed by atoms with Crippen LogP contribution in [0.1, 0.15) is 0 Å². The zero-order valence-electron chi connectivity index (χ0n) is 14.8. The molecule has 2 aliphatic heterocycles. The van der Waals surface area contributed by atoms with Gasteiger partial charge in [0, 0.05) is 20.9 Å². The molecule has 28 heavy (non-hydrogen) atoms. The molecule has 4 heteroatoms. The number of para-hydroxylation sites is 4. The van der Waals surface area contributed by atoms with Gasteiger partial charge in [0.2, 0.25) is 0 Å². The van der Waals surface area contributed by atoms with E-state index in [9.17, 15) is 0 Å². The Morgan fingerprint density at radius 3 is 2.39 bits per heavy atom. The summed E-state index contributed by atoms with van der Waals surface area (Å²) in [4.78, 5) is 2.45. The standard InChI is InChI=1S/C24H15N2OS/c1-3-11-19-17(9-1)25-23-15(7-5-12-20(23)27-19)16-8-6-14-22-24(16)26-18-10-2-4-13-21(18)28-22/h1-4,6-14,25-26H. The average Bonchev–Trinajstić information content (AvgIpc) is 2.75. The fourth-order valence-corrected chi connectivity index (χ4v) is 4.72. The first kappa shape index (κ1) is 15.7. The van der Waals surface area contributed by atoms with Crippen molar-refractivity contribution in [2.45, 2.75) is 9.79 Å². The Labute approximate surface area is 167 Å². The monoisotopic (exact) mass is 379 g/mol. The number of nitrogens with one attached hydrogen (secondary N) is 2. The van der Waals surface area contributed by atoms with E-state index in [4.69, 9.17) is 4.74 Å². The summed E-state index contributed by atoms with van der Waals surface area (Å²) in [5.74, 6) is 1.62. The maximum absolute atomic E-state index is 6.12. The molecule has 133 valence electrons. The Balaban J connectivity index is 1.50. The third-order valence-electron chi connectivity index (χ3n) is 5.01. The lowest BCUT2D eigenvalue weighted by Gasteiger charge is -2.27. The van der Waals surface area contributed by atoms with Crippen LogP contribution >= 0.6 is 11.8 Å². The maximum atomic E-state index is 6.12. The number of benzene rings is 4. The molecule has 0 bridgehead atoms. The van der Waals surface area contributed by atoms with Crippen molar-refractivity contribution < 1.29 is 4.74 Å². The summed E-state index contributed by atoms with van der Waals surface area (Å²) >= 11 is 1.79. The average molecular weight is 379 g/mol. The van der Waals surface area contributed by atoms with Gasteiger partial charge in [-0.3, -0.25) is 0 Å². The Morgan fingerprint density at radius 2 is 1.43 bits per heavy atom. The number of rotatable bonds is 1. The summed E-state index contributed by atoms with van der Waals surface area (Å²) in [5.41, 5.74) is 6.39. The van der Waals surface area contributed by atoms with E-state index < -0.39 is 0 Å². The van der Waals surface area contributed by atoms with Gasteiger partial charge in [-0.05, 0) is 48.5 Å². The van der Waals surface area contributed by atoms with E-state index in [-0.39, 0.29) is 0 Å². The van der Waals surface area contributed by atoms with E-state index in [1.54, 1.807) is 11.8 Å². The van der Waals surface area contributed by atoms with Crippen LogP contribution in [0.2, 0.25) is 0 Å². The van der Waals surface area contributed by atoms with Gasteiger partial charge in [0.25, 0.3) is 0 Å². The summed E-state index contributed by atoms with van der Waals surface area (Å²) in [6.07, 6.45) is 0. The SMILES string of the molecule is [c]1cc2c(c(-c3cccc4c3Nc3ccccc3S4)c1)Nc1ccccc1O2. The molecule has 0 spiro atoms. The molecule has 0 atom stereocenters. The van der Waals surface area contributed by atoms with Gasteiger partial charge in [-0.25, -0.2) is 0 Å². The summed E-state index contributed by atoms with van der Waals surface area (Å²) in [7, 11) is 0. The highest BCUT2D eigenvalue weighted by Crippen LogP contribution is 2.51. The third-order valence-corrected chi connectivity index (χ3v) is 6.14. The smallest absolute Gasteiger partial charge is 0.152 e. The van der Waals surface area contributed by atoms with Crippen molar-refractivity contribution in [1.29, 1.82) is 0 Å². The molecule has 0 unspecified atom stereocenters. The van der Waals surface area contributed by atoms with Crippen molar-refractivity contribution >= 4 is 34.5 Å². The first-order valence-corrected chi connectivity index (χ1v) is 9.94. The molecule has 0 saturated carbocycles. The fourth-order valence-electron chi connectivity index (χ4n) is 3.69. The van der Waals surface area contributed by atoms with Crippen LogP contribution in [0.4, 0.5) is 22.7 Å². The second-order valence-electron chi connectivity index (χ2n) is 6.73. The van der Waals surface area contributed by atoms with Crippen LogP contribution in [0, 0.1) is 6.07 Å². The predicted octanol–water partition coefficient (Wildman–Crippen LogP) is 7.21. The molecule has 0 aliphatic carbocycles. The highest BCUT2D eigenvalue weighted by atomic mass is 32.2. The lowest BCUT2D eigenvalue weighted by molar-refractivity contribution is 0.481. The van der Waals surface area contributed by atoms with Gasteiger partial charge < -0.3 is 15.4 Å². The van der Waals surface area contributed by atoms with Crippen molar-refractivity contribution in [1.82, 2.24) is 0 Å². The van der Waals surface area contributed by atoms with Crippen LogP contribution in [0.3, 0.4) is 0 Å². The van der Waals surface area contributed by atoms with Gasteiger partial charge in [-0.2, -0.15) is 0 Å². The molecular formula is C24H15N2OS. The van der Waals surface area contributed by atoms with Crippen molar-refractivity contribution in [2.24, 2.45) is 0 Å². The summed E-state index contributed by atoms with van der Waals surface area (Å²) < 4.78 is 6.12. The number of ether oxygens (including phenoxy) is 1. The van der Waals surface area contributed by atoms with Crippen LogP contribution in [0.5, 0.6) is 11.5 Å². The van der Waals surface area contributed by atoms with Gasteiger partial charge in [-0.1, -0.05) is 48.2 Å². The molecule has 2 aliphatic rings. The lowest BCUT2D eigenvalue weighted by Crippen LogP contribution is -2.06. The van der Waals surface area contributed by atoms with Crippen LogP contribution in [-0.4, -0.2) is 0 Å². The van der Waals surface area contributed by atoms with Gasteiger partial charge in [-0.15, -0.1) is 0 Å². The van der Waals surface area contributed by atoms with Crippen LogP contribution in [0.25, 0.3) is 11.1 Å². The molecule has 4 aromatic carbocycles. The minimum atomic E-state index is 0.790. The minimum Gasteiger partial charge on any atom is -0.453 e. The zero-order chi connectivity index (χ0) is 18.5. The number of hydrogen-bond acceptors (Lipinski definition) is 4. The van der Waals surface area contributed by atoms with Gasteiger partial charge in [0.1, 0.15) is 0 Å². The highest BCUT2D eigenvalue weighted by molar-refractivity contribution is 7.99. The molecule has 0 amide bonds. The van der Waals surface area contributed by atoms with Crippen LogP contribution < -0.4 is 15.4 Å². The topological polar surface area (TPSA) is 33.3 Å². The van der Waals surface area contributed by atoms with Crippen molar-refractivity contribution in [2.75, 3.05) is 10.6 Å².